The van der Waals surface area contributed by atoms with Gasteiger partial charge in [0.15, 0.2) is 9.84 Å². The number of ether oxygens (including phenoxy) is 1. The highest BCUT2D eigenvalue weighted by Gasteiger charge is 2.25. The quantitative estimate of drug-likeness (QED) is 0.737. The first-order valence-corrected chi connectivity index (χ1v) is 11.0. The average Bonchev–Trinajstić information content (AvgIpc) is 2.59. The van der Waals surface area contributed by atoms with Crippen molar-refractivity contribution in [3.8, 4) is 5.75 Å². The number of benzene rings is 1. The van der Waals surface area contributed by atoms with Crippen LogP contribution in [0.1, 0.15) is 12.8 Å². The van der Waals surface area contributed by atoms with Gasteiger partial charge >= 0.3 is 0 Å². The average molecular weight is 415 g/mol. The van der Waals surface area contributed by atoms with Gasteiger partial charge in [0.2, 0.25) is 0 Å². The minimum atomic E-state index is -3.30. The van der Waals surface area contributed by atoms with Crippen molar-refractivity contribution >= 4 is 38.9 Å². The summed E-state index contributed by atoms with van der Waals surface area (Å²) in [7, 11) is -3.30. The van der Waals surface area contributed by atoms with E-state index in [2.05, 4.69) is 4.98 Å². The Bertz CT molecular complexity index is 862. The smallest absolute Gasteiger partial charge is 0.179 e. The Morgan fingerprint density at radius 1 is 1.19 bits per heavy atom. The molecule has 2 aromatic rings. The Morgan fingerprint density at radius 3 is 2.46 bits per heavy atom. The molecule has 2 heterocycles. The van der Waals surface area contributed by atoms with Crippen molar-refractivity contribution in [3.05, 3.63) is 46.6 Å². The fourth-order valence-corrected chi connectivity index (χ4v) is 4.39. The summed E-state index contributed by atoms with van der Waals surface area (Å²) in [5.41, 5.74) is 0. The molecule has 26 heavy (non-hydrogen) atoms. The zero-order valence-corrected chi connectivity index (χ0v) is 16.7. The molecule has 1 aliphatic rings. The first kappa shape index (κ1) is 19.3. The maximum atomic E-state index is 12.0. The van der Waals surface area contributed by atoms with E-state index in [9.17, 15) is 8.42 Å². The molecule has 0 aliphatic carbocycles. The largest absolute Gasteiger partial charge is 0.493 e. The molecule has 1 aliphatic heterocycles. The lowest BCUT2D eigenvalue weighted by atomic mass is 9.98. The van der Waals surface area contributed by atoms with Crippen molar-refractivity contribution < 1.29 is 13.2 Å². The van der Waals surface area contributed by atoms with E-state index in [1.165, 1.54) is 6.26 Å². The lowest BCUT2D eigenvalue weighted by Crippen LogP contribution is -2.36. The van der Waals surface area contributed by atoms with Gasteiger partial charge in [-0.2, -0.15) is 0 Å². The molecular weight excluding hydrogens is 395 g/mol. The molecule has 0 radical (unpaired) electrons. The van der Waals surface area contributed by atoms with E-state index in [4.69, 9.17) is 27.9 Å². The Hall–Kier alpha value is -1.50. The van der Waals surface area contributed by atoms with E-state index < -0.39 is 9.84 Å². The van der Waals surface area contributed by atoms with Crippen LogP contribution < -0.4 is 9.64 Å². The van der Waals surface area contributed by atoms with Crippen LogP contribution in [-0.4, -0.2) is 39.4 Å². The van der Waals surface area contributed by atoms with E-state index >= 15 is 0 Å². The predicted octanol–water partition coefficient (Wildman–Crippen LogP) is 4.09. The maximum Gasteiger partial charge on any atom is 0.179 e. The van der Waals surface area contributed by atoms with E-state index in [1.54, 1.807) is 36.5 Å². The topological polar surface area (TPSA) is 59.5 Å². The van der Waals surface area contributed by atoms with Crippen LogP contribution in [0.2, 0.25) is 10.0 Å². The minimum Gasteiger partial charge on any atom is -0.493 e. The van der Waals surface area contributed by atoms with Crippen LogP contribution in [0.15, 0.2) is 41.4 Å². The highest BCUT2D eigenvalue weighted by molar-refractivity contribution is 7.90. The summed E-state index contributed by atoms with van der Waals surface area (Å²) in [6, 6.07) is 8.41. The third-order valence-corrected chi connectivity index (χ3v) is 5.94. The van der Waals surface area contributed by atoms with E-state index in [-0.39, 0.29) is 4.90 Å². The van der Waals surface area contributed by atoms with Crippen LogP contribution in [0, 0.1) is 5.92 Å². The summed E-state index contributed by atoms with van der Waals surface area (Å²) in [5.74, 6) is 1.58. The summed E-state index contributed by atoms with van der Waals surface area (Å²) in [4.78, 5) is 6.60. The van der Waals surface area contributed by atoms with Crippen LogP contribution in [0.25, 0.3) is 0 Å². The molecule has 0 unspecified atom stereocenters. The number of nitrogens with zero attached hydrogens (tertiary/aromatic N) is 2. The number of pyridine rings is 1. The fraction of sp³-hybridized carbons (Fsp3) is 0.389. The lowest BCUT2D eigenvalue weighted by Gasteiger charge is -2.33. The normalized spacial score (nSPS) is 15.9. The Morgan fingerprint density at radius 2 is 1.85 bits per heavy atom. The molecule has 140 valence electrons. The number of halogens is 2. The molecule has 1 aromatic heterocycles. The minimum absolute atomic E-state index is 0.281. The predicted molar refractivity (Wildman–Crippen MR) is 104 cm³/mol. The molecule has 0 atom stereocenters. The van der Waals surface area contributed by atoms with Gasteiger partial charge in [-0.25, -0.2) is 13.4 Å². The third kappa shape index (κ3) is 4.81. The summed E-state index contributed by atoms with van der Waals surface area (Å²) < 4.78 is 29.8. The molecule has 0 spiro atoms. The standard InChI is InChI=1S/C18H20Cl2N2O3S/c1-26(23,24)17-3-2-6-21-18(17)22-7-4-13(5-8-22)12-25-16-10-14(19)9-15(20)11-16/h2-3,6,9-11,13H,4-5,7-8,12H2,1H3. The van der Waals surface area contributed by atoms with Gasteiger partial charge in [-0.15, -0.1) is 0 Å². The maximum absolute atomic E-state index is 12.0. The molecule has 8 heteroatoms. The van der Waals surface area contributed by atoms with Gasteiger partial charge in [0, 0.05) is 35.6 Å². The fourth-order valence-electron chi connectivity index (χ4n) is 3.05. The molecule has 0 saturated carbocycles. The molecule has 3 rings (SSSR count). The first-order valence-electron chi connectivity index (χ1n) is 8.32. The lowest BCUT2D eigenvalue weighted by molar-refractivity contribution is 0.222. The second kappa shape index (κ2) is 8.03. The molecule has 1 fully saturated rings. The molecule has 5 nitrogen and oxygen atoms in total. The summed E-state index contributed by atoms with van der Waals surface area (Å²) in [5, 5.41) is 1.09. The van der Waals surface area contributed by atoms with Gasteiger partial charge in [-0.1, -0.05) is 23.2 Å². The van der Waals surface area contributed by atoms with Crippen molar-refractivity contribution in [2.75, 3.05) is 30.9 Å². The number of rotatable bonds is 5. The zero-order chi connectivity index (χ0) is 18.7. The summed E-state index contributed by atoms with van der Waals surface area (Å²) in [6.45, 7) is 2.05. The van der Waals surface area contributed by atoms with Crippen molar-refractivity contribution in [1.29, 1.82) is 0 Å². The SMILES string of the molecule is CS(=O)(=O)c1cccnc1N1CCC(COc2cc(Cl)cc(Cl)c2)CC1. The van der Waals surface area contributed by atoms with E-state index in [0.29, 0.717) is 34.1 Å². The monoisotopic (exact) mass is 414 g/mol. The Balaban J connectivity index is 1.60. The highest BCUT2D eigenvalue weighted by Crippen LogP contribution is 2.29. The third-order valence-electron chi connectivity index (χ3n) is 4.39. The molecule has 0 N–H and O–H groups in total. The van der Waals surface area contributed by atoms with Gasteiger partial charge in [-0.3, -0.25) is 0 Å². The number of piperidine rings is 1. The second-order valence-electron chi connectivity index (χ2n) is 6.44. The van der Waals surface area contributed by atoms with Crippen molar-refractivity contribution in [2.24, 2.45) is 5.92 Å². The van der Waals surface area contributed by atoms with Crippen LogP contribution in [0.3, 0.4) is 0 Å². The first-order chi connectivity index (χ1) is 12.3. The van der Waals surface area contributed by atoms with Gasteiger partial charge < -0.3 is 9.64 Å². The molecule has 1 saturated heterocycles. The number of aromatic nitrogens is 1. The van der Waals surface area contributed by atoms with Crippen molar-refractivity contribution in [3.63, 3.8) is 0 Å². The Kier molecular flexibility index (Phi) is 5.95. The number of anilines is 1. The highest BCUT2D eigenvalue weighted by atomic mass is 35.5. The van der Waals surface area contributed by atoms with E-state index in [1.807, 2.05) is 4.90 Å². The van der Waals surface area contributed by atoms with Gasteiger partial charge in [0.25, 0.3) is 0 Å². The van der Waals surface area contributed by atoms with E-state index in [0.717, 1.165) is 25.9 Å². The van der Waals surface area contributed by atoms with Gasteiger partial charge in [0.05, 0.1) is 6.61 Å². The Labute approximate surface area is 163 Å². The van der Waals surface area contributed by atoms with Crippen molar-refractivity contribution in [2.45, 2.75) is 17.7 Å². The zero-order valence-electron chi connectivity index (χ0n) is 14.4. The number of hydrogen-bond donors (Lipinski definition) is 0. The van der Waals surface area contributed by atoms with Crippen LogP contribution in [0.4, 0.5) is 5.82 Å². The molecule has 1 aromatic carbocycles. The second-order valence-corrected chi connectivity index (χ2v) is 9.30. The van der Waals surface area contributed by atoms with Gasteiger partial charge in [0.1, 0.15) is 16.5 Å². The van der Waals surface area contributed by atoms with Crippen LogP contribution >= 0.6 is 23.2 Å². The summed E-state index contributed by atoms with van der Waals surface area (Å²) in [6.07, 6.45) is 4.63. The van der Waals surface area contributed by atoms with Gasteiger partial charge in [-0.05, 0) is 49.1 Å². The van der Waals surface area contributed by atoms with Crippen LogP contribution in [-0.2, 0) is 9.84 Å². The van der Waals surface area contributed by atoms with Crippen LogP contribution in [0.5, 0.6) is 5.75 Å². The molecule has 0 bridgehead atoms. The summed E-state index contributed by atoms with van der Waals surface area (Å²) >= 11 is 12.0. The molecular formula is C18H20Cl2N2O3S. The number of sulfone groups is 1. The number of hydrogen-bond acceptors (Lipinski definition) is 5. The molecule has 0 amide bonds. The van der Waals surface area contributed by atoms with Crippen molar-refractivity contribution in [1.82, 2.24) is 4.98 Å².